The van der Waals surface area contributed by atoms with Crippen molar-refractivity contribution in [2.75, 3.05) is 13.1 Å². The number of rotatable bonds is 7. The Kier molecular flexibility index (Phi) is 5.62. The highest BCUT2D eigenvalue weighted by Crippen LogP contribution is 1.92. The molecule has 1 aromatic heterocycles. The van der Waals surface area contributed by atoms with E-state index in [2.05, 4.69) is 34.6 Å². The molecule has 0 aromatic carbocycles. The first-order valence-corrected chi connectivity index (χ1v) is 5.86. The minimum absolute atomic E-state index is 0.0178. The van der Waals surface area contributed by atoms with E-state index in [1.165, 1.54) is 6.33 Å². The van der Waals surface area contributed by atoms with Crippen molar-refractivity contribution in [1.82, 2.24) is 20.8 Å². The van der Waals surface area contributed by atoms with Crippen LogP contribution in [0, 0.1) is 5.92 Å². The van der Waals surface area contributed by atoms with Gasteiger partial charge in [0, 0.05) is 19.5 Å². The maximum atomic E-state index is 11.6. The Morgan fingerprint density at radius 3 is 2.82 bits per heavy atom. The van der Waals surface area contributed by atoms with E-state index in [0.29, 0.717) is 31.3 Å². The Hall–Kier alpha value is -1.43. The van der Waals surface area contributed by atoms with Crippen LogP contribution in [-0.4, -0.2) is 35.2 Å². The molecule has 1 unspecified atom stereocenters. The van der Waals surface area contributed by atoms with Crippen LogP contribution >= 0.6 is 0 Å². The fourth-order valence-electron chi connectivity index (χ4n) is 1.25. The lowest BCUT2D eigenvalue weighted by Crippen LogP contribution is -2.43. The summed E-state index contributed by atoms with van der Waals surface area (Å²) in [6, 6.07) is -0.211. The molecule has 17 heavy (non-hydrogen) atoms. The second-order valence-electron chi connectivity index (χ2n) is 4.40. The Bertz CT molecular complexity index is 324. The molecule has 0 bridgehead atoms. The van der Waals surface area contributed by atoms with Crippen LogP contribution in [0.2, 0.25) is 0 Å². The number of aromatic nitrogens is 2. The number of nitrogens with zero attached hydrogens (tertiary/aromatic N) is 2. The second-order valence-corrected chi connectivity index (χ2v) is 4.40. The summed E-state index contributed by atoms with van der Waals surface area (Å²) < 4.78 is 4.85. The number of amides is 1. The first-order chi connectivity index (χ1) is 8.09. The molecular weight excluding hydrogens is 220 g/mol. The van der Waals surface area contributed by atoms with E-state index in [9.17, 15) is 4.79 Å². The maximum absolute atomic E-state index is 11.6. The Balaban J connectivity index is 2.15. The van der Waals surface area contributed by atoms with Crippen LogP contribution in [0.1, 0.15) is 26.7 Å². The van der Waals surface area contributed by atoms with Gasteiger partial charge in [-0.25, -0.2) is 0 Å². The van der Waals surface area contributed by atoms with E-state index in [1.54, 1.807) is 0 Å². The molecule has 1 aromatic rings. The lowest BCUT2D eigenvalue weighted by Gasteiger charge is -2.14. The van der Waals surface area contributed by atoms with Crippen molar-refractivity contribution >= 4 is 5.91 Å². The monoisotopic (exact) mass is 240 g/mol. The zero-order valence-corrected chi connectivity index (χ0v) is 10.6. The second kappa shape index (κ2) is 7.01. The van der Waals surface area contributed by atoms with Gasteiger partial charge in [-0.2, -0.15) is 4.98 Å². The zero-order chi connectivity index (χ0) is 12.7. The lowest BCUT2D eigenvalue weighted by molar-refractivity contribution is -0.122. The van der Waals surface area contributed by atoms with Gasteiger partial charge in [0.1, 0.15) is 0 Å². The molecule has 1 amide bonds. The lowest BCUT2D eigenvalue weighted by atomic mass is 10.2. The van der Waals surface area contributed by atoms with E-state index < -0.39 is 0 Å². The fraction of sp³-hybridized carbons (Fsp3) is 0.727. The highest BCUT2D eigenvalue weighted by atomic mass is 16.5. The molecule has 0 fully saturated rings. The summed E-state index contributed by atoms with van der Waals surface area (Å²) in [5, 5.41) is 9.49. The van der Waals surface area contributed by atoms with E-state index >= 15 is 0 Å². The maximum Gasteiger partial charge on any atom is 0.236 e. The van der Waals surface area contributed by atoms with Crippen molar-refractivity contribution in [2.24, 2.45) is 5.92 Å². The molecule has 0 saturated heterocycles. The summed E-state index contributed by atoms with van der Waals surface area (Å²) in [4.78, 5) is 15.5. The molecule has 2 N–H and O–H groups in total. The molecular formula is C11H20N4O2. The first-order valence-electron chi connectivity index (χ1n) is 5.86. The first kappa shape index (κ1) is 13.6. The van der Waals surface area contributed by atoms with Gasteiger partial charge in [-0.3, -0.25) is 4.79 Å². The van der Waals surface area contributed by atoms with Gasteiger partial charge in [0.2, 0.25) is 11.8 Å². The number of hydrogen-bond donors (Lipinski definition) is 2. The molecule has 0 aliphatic carbocycles. The van der Waals surface area contributed by atoms with E-state index in [1.807, 2.05) is 6.92 Å². The van der Waals surface area contributed by atoms with Crippen LogP contribution in [-0.2, 0) is 11.2 Å². The third-order valence-corrected chi connectivity index (χ3v) is 2.27. The molecule has 0 spiro atoms. The summed E-state index contributed by atoms with van der Waals surface area (Å²) in [6.07, 6.45) is 2.00. The highest BCUT2D eigenvalue weighted by Gasteiger charge is 2.12. The van der Waals surface area contributed by atoms with Crippen LogP contribution in [0.4, 0.5) is 0 Å². The van der Waals surface area contributed by atoms with E-state index in [4.69, 9.17) is 4.52 Å². The summed E-state index contributed by atoms with van der Waals surface area (Å²) in [6.45, 7) is 7.30. The number of nitrogens with one attached hydrogen (secondary N) is 2. The molecule has 0 aliphatic heterocycles. The van der Waals surface area contributed by atoms with E-state index in [-0.39, 0.29) is 11.9 Å². The van der Waals surface area contributed by atoms with Crippen LogP contribution in [0.15, 0.2) is 10.9 Å². The molecule has 1 rings (SSSR count). The standard InChI is InChI=1S/C11H20N4O2/c1-8(2)6-13-11(16)9(3)12-5-4-10-14-7-15-17-10/h7-9,12H,4-6H2,1-3H3,(H,13,16). The summed E-state index contributed by atoms with van der Waals surface area (Å²) in [5.74, 6) is 1.06. The van der Waals surface area contributed by atoms with Crippen LogP contribution in [0.25, 0.3) is 0 Å². The normalized spacial score (nSPS) is 12.7. The summed E-state index contributed by atoms with van der Waals surface area (Å²) in [5.41, 5.74) is 0. The predicted molar refractivity (Wildman–Crippen MR) is 63.3 cm³/mol. The molecule has 0 aliphatic rings. The van der Waals surface area contributed by atoms with Crippen LogP contribution < -0.4 is 10.6 Å². The van der Waals surface area contributed by atoms with Gasteiger partial charge in [-0.15, -0.1) is 0 Å². The number of hydrogen-bond acceptors (Lipinski definition) is 5. The average Bonchev–Trinajstić information content (AvgIpc) is 2.78. The largest absolute Gasteiger partial charge is 0.354 e. The van der Waals surface area contributed by atoms with Crippen LogP contribution in [0.3, 0.4) is 0 Å². The van der Waals surface area contributed by atoms with Gasteiger partial charge in [-0.1, -0.05) is 19.0 Å². The zero-order valence-electron chi connectivity index (χ0n) is 10.6. The SMILES string of the molecule is CC(C)CNC(=O)C(C)NCCc1ncno1. The Morgan fingerprint density at radius 2 is 2.24 bits per heavy atom. The van der Waals surface area contributed by atoms with Crippen molar-refractivity contribution in [3.63, 3.8) is 0 Å². The van der Waals surface area contributed by atoms with Gasteiger partial charge in [0.25, 0.3) is 0 Å². The molecule has 6 nitrogen and oxygen atoms in total. The smallest absolute Gasteiger partial charge is 0.236 e. The van der Waals surface area contributed by atoms with Crippen molar-refractivity contribution < 1.29 is 9.32 Å². The van der Waals surface area contributed by atoms with Gasteiger partial charge < -0.3 is 15.2 Å². The predicted octanol–water partition coefficient (Wildman–Crippen LogP) is 0.362. The van der Waals surface area contributed by atoms with Gasteiger partial charge in [-0.05, 0) is 12.8 Å². The van der Waals surface area contributed by atoms with Gasteiger partial charge >= 0.3 is 0 Å². The quantitative estimate of drug-likeness (QED) is 0.719. The topological polar surface area (TPSA) is 80.0 Å². The molecule has 1 atom stereocenters. The number of carbonyl (C=O) groups excluding carboxylic acids is 1. The van der Waals surface area contributed by atoms with Crippen LogP contribution in [0.5, 0.6) is 0 Å². The molecule has 6 heteroatoms. The minimum atomic E-state index is -0.211. The van der Waals surface area contributed by atoms with Crippen molar-refractivity contribution in [1.29, 1.82) is 0 Å². The fourth-order valence-corrected chi connectivity index (χ4v) is 1.25. The molecule has 96 valence electrons. The molecule has 0 saturated carbocycles. The molecule has 1 heterocycles. The van der Waals surface area contributed by atoms with Gasteiger partial charge in [0.15, 0.2) is 6.33 Å². The van der Waals surface area contributed by atoms with Crippen molar-refractivity contribution in [2.45, 2.75) is 33.2 Å². The molecule has 0 radical (unpaired) electrons. The summed E-state index contributed by atoms with van der Waals surface area (Å²) >= 11 is 0. The highest BCUT2D eigenvalue weighted by molar-refractivity contribution is 5.81. The minimum Gasteiger partial charge on any atom is -0.354 e. The number of carbonyl (C=O) groups is 1. The third-order valence-electron chi connectivity index (χ3n) is 2.27. The average molecular weight is 240 g/mol. The Morgan fingerprint density at radius 1 is 1.47 bits per heavy atom. The van der Waals surface area contributed by atoms with E-state index in [0.717, 1.165) is 0 Å². The van der Waals surface area contributed by atoms with Crippen molar-refractivity contribution in [3.8, 4) is 0 Å². The van der Waals surface area contributed by atoms with Gasteiger partial charge in [0.05, 0.1) is 6.04 Å². The third kappa shape index (κ3) is 5.44. The van der Waals surface area contributed by atoms with Crippen molar-refractivity contribution in [3.05, 3.63) is 12.2 Å². The Labute approximate surface area is 101 Å². The summed E-state index contributed by atoms with van der Waals surface area (Å²) in [7, 11) is 0.